The van der Waals surface area contributed by atoms with Crippen LogP contribution < -0.4 is 19.1 Å². The number of ether oxygens (including phenoxy) is 2. The standard InChI is InChI=1S/C31H38ClN3O6S/c1-7-26(30(37)33-31(2,3)4)34(20-22-12-8-9-13-25(22)32)29(36)21-35(27-14-10-11-15-28(27)41-6)42(38,39)24-18-16-23(40-5)17-19-24/h8-19,26H,7,20-21H2,1-6H3,(H,33,37)/t26-/m1/s1. The first kappa shape index (κ1) is 32.8. The predicted octanol–water partition coefficient (Wildman–Crippen LogP) is 5.27. The maximum Gasteiger partial charge on any atom is 0.264 e. The van der Waals surface area contributed by atoms with Crippen molar-refractivity contribution in [2.24, 2.45) is 0 Å². The van der Waals surface area contributed by atoms with Crippen molar-refractivity contribution in [2.45, 2.75) is 57.1 Å². The number of para-hydroxylation sites is 2. The second-order valence-electron chi connectivity index (χ2n) is 10.6. The molecule has 0 heterocycles. The van der Waals surface area contributed by atoms with Gasteiger partial charge in [0.15, 0.2) is 0 Å². The summed E-state index contributed by atoms with van der Waals surface area (Å²) in [7, 11) is -1.37. The zero-order chi connectivity index (χ0) is 31.1. The molecule has 0 aromatic heterocycles. The van der Waals surface area contributed by atoms with E-state index in [9.17, 15) is 18.0 Å². The minimum atomic E-state index is -4.28. The molecule has 1 atom stereocenters. The van der Waals surface area contributed by atoms with Gasteiger partial charge in [0, 0.05) is 17.1 Å². The number of methoxy groups -OCH3 is 2. The lowest BCUT2D eigenvalue weighted by atomic mass is 10.1. The summed E-state index contributed by atoms with van der Waals surface area (Å²) in [6, 6.07) is 18.6. The highest BCUT2D eigenvalue weighted by Gasteiger charge is 2.35. The van der Waals surface area contributed by atoms with Crippen molar-refractivity contribution < 1.29 is 27.5 Å². The molecule has 0 aliphatic rings. The van der Waals surface area contributed by atoms with Crippen molar-refractivity contribution in [3.63, 3.8) is 0 Å². The Bertz CT molecular complexity index is 1490. The van der Waals surface area contributed by atoms with Crippen molar-refractivity contribution in [3.8, 4) is 11.5 Å². The van der Waals surface area contributed by atoms with E-state index in [1.54, 1.807) is 55.5 Å². The number of halogens is 1. The third-order valence-electron chi connectivity index (χ3n) is 6.46. The highest BCUT2D eigenvalue weighted by molar-refractivity contribution is 7.92. The Morgan fingerprint density at radius 3 is 2.12 bits per heavy atom. The number of carbonyl (C=O) groups is 2. The number of hydrogen-bond donors (Lipinski definition) is 1. The smallest absolute Gasteiger partial charge is 0.264 e. The van der Waals surface area contributed by atoms with Gasteiger partial charge in [-0.3, -0.25) is 13.9 Å². The van der Waals surface area contributed by atoms with Crippen LogP contribution in [0, 0.1) is 0 Å². The van der Waals surface area contributed by atoms with Crippen LogP contribution in [0.2, 0.25) is 5.02 Å². The van der Waals surface area contributed by atoms with Crippen molar-refractivity contribution in [1.82, 2.24) is 10.2 Å². The number of amides is 2. The molecule has 0 bridgehead atoms. The third-order valence-corrected chi connectivity index (χ3v) is 8.61. The highest BCUT2D eigenvalue weighted by atomic mass is 35.5. The molecule has 3 aromatic rings. The lowest BCUT2D eigenvalue weighted by Gasteiger charge is -2.35. The van der Waals surface area contributed by atoms with Crippen LogP contribution in [0.3, 0.4) is 0 Å². The van der Waals surface area contributed by atoms with E-state index in [2.05, 4.69) is 5.32 Å². The molecule has 9 nitrogen and oxygen atoms in total. The summed E-state index contributed by atoms with van der Waals surface area (Å²) in [5.41, 5.74) is 0.246. The van der Waals surface area contributed by atoms with Gasteiger partial charge in [-0.2, -0.15) is 0 Å². The summed E-state index contributed by atoms with van der Waals surface area (Å²) >= 11 is 6.45. The van der Waals surface area contributed by atoms with Crippen LogP contribution >= 0.6 is 11.6 Å². The maximum absolute atomic E-state index is 14.2. The van der Waals surface area contributed by atoms with Gasteiger partial charge in [0.2, 0.25) is 11.8 Å². The van der Waals surface area contributed by atoms with Gasteiger partial charge in [-0.25, -0.2) is 8.42 Å². The fourth-order valence-corrected chi connectivity index (χ4v) is 6.03. The lowest BCUT2D eigenvalue weighted by molar-refractivity contribution is -0.141. The van der Waals surface area contributed by atoms with Crippen molar-refractivity contribution >= 4 is 39.1 Å². The molecule has 3 aromatic carbocycles. The van der Waals surface area contributed by atoms with Crippen molar-refractivity contribution in [2.75, 3.05) is 25.1 Å². The van der Waals surface area contributed by atoms with Crippen LogP contribution in [-0.4, -0.2) is 57.5 Å². The Morgan fingerprint density at radius 2 is 1.55 bits per heavy atom. The SMILES string of the molecule is CC[C@H](C(=O)NC(C)(C)C)N(Cc1ccccc1Cl)C(=O)CN(c1ccccc1OC)S(=O)(=O)c1ccc(OC)cc1. The van der Waals surface area contributed by atoms with E-state index in [1.165, 1.54) is 43.4 Å². The van der Waals surface area contributed by atoms with E-state index < -0.39 is 34.1 Å². The first-order valence-electron chi connectivity index (χ1n) is 13.5. The van der Waals surface area contributed by atoms with Crippen LogP contribution in [0.1, 0.15) is 39.7 Å². The van der Waals surface area contributed by atoms with Gasteiger partial charge >= 0.3 is 0 Å². The summed E-state index contributed by atoms with van der Waals surface area (Å²) in [5.74, 6) is -0.200. The number of benzene rings is 3. The van der Waals surface area contributed by atoms with E-state index in [0.29, 0.717) is 16.3 Å². The van der Waals surface area contributed by atoms with E-state index in [0.717, 1.165) is 4.31 Å². The summed E-state index contributed by atoms with van der Waals surface area (Å²) in [5, 5.41) is 3.37. The van der Waals surface area contributed by atoms with Gasteiger partial charge in [-0.15, -0.1) is 0 Å². The van der Waals surface area contributed by atoms with Crippen LogP contribution in [0.15, 0.2) is 77.7 Å². The molecule has 1 N–H and O–H groups in total. The third kappa shape index (κ3) is 7.95. The monoisotopic (exact) mass is 615 g/mol. The topological polar surface area (TPSA) is 105 Å². The van der Waals surface area contributed by atoms with Crippen LogP contribution in [0.5, 0.6) is 11.5 Å². The Kier molecular flexibility index (Phi) is 10.9. The molecule has 0 radical (unpaired) electrons. The normalized spacial score (nSPS) is 12.3. The van der Waals surface area contributed by atoms with Gasteiger partial charge < -0.3 is 19.7 Å². The molecule has 2 amide bonds. The van der Waals surface area contributed by atoms with Gasteiger partial charge in [-0.1, -0.05) is 48.9 Å². The summed E-state index contributed by atoms with van der Waals surface area (Å²) in [6.45, 7) is 6.75. The van der Waals surface area contributed by atoms with Gasteiger partial charge in [-0.05, 0) is 75.2 Å². The fourth-order valence-electron chi connectivity index (χ4n) is 4.41. The van der Waals surface area contributed by atoms with E-state index in [4.69, 9.17) is 21.1 Å². The summed E-state index contributed by atoms with van der Waals surface area (Å²) in [6.07, 6.45) is 0.290. The Balaban J connectivity index is 2.12. The minimum Gasteiger partial charge on any atom is -0.497 e. The average Bonchev–Trinajstić information content (AvgIpc) is 2.95. The zero-order valence-corrected chi connectivity index (χ0v) is 26.3. The quantitative estimate of drug-likeness (QED) is 0.297. The maximum atomic E-state index is 14.2. The largest absolute Gasteiger partial charge is 0.497 e. The van der Waals surface area contributed by atoms with Gasteiger partial charge in [0.05, 0.1) is 24.8 Å². The Morgan fingerprint density at radius 1 is 0.929 bits per heavy atom. The number of hydrogen-bond acceptors (Lipinski definition) is 6. The molecule has 0 unspecified atom stereocenters. The number of nitrogens with one attached hydrogen (secondary N) is 1. The molecule has 0 saturated carbocycles. The fraction of sp³-hybridized carbons (Fsp3) is 0.355. The van der Waals surface area contributed by atoms with Crippen LogP contribution in [0.4, 0.5) is 5.69 Å². The second kappa shape index (κ2) is 13.9. The summed E-state index contributed by atoms with van der Waals surface area (Å²) in [4.78, 5) is 29.0. The number of carbonyl (C=O) groups excluding carboxylic acids is 2. The summed E-state index contributed by atoms with van der Waals surface area (Å²) < 4.78 is 39.8. The molecule has 0 spiro atoms. The first-order valence-corrected chi connectivity index (χ1v) is 15.3. The molecule has 0 saturated heterocycles. The number of sulfonamides is 1. The van der Waals surface area contributed by atoms with Crippen LogP contribution in [-0.2, 0) is 26.2 Å². The molecular weight excluding hydrogens is 578 g/mol. The minimum absolute atomic E-state index is 0.00305. The Labute approximate surface area is 253 Å². The number of rotatable bonds is 12. The molecule has 42 heavy (non-hydrogen) atoms. The Hall–Kier alpha value is -3.76. The van der Waals surface area contributed by atoms with Gasteiger partial charge in [0.1, 0.15) is 24.1 Å². The molecule has 0 aliphatic heterocycles. The van der Waals surface area contributed by atoms with E-state index >= 15 is 0 Å². The molecular formula is C31H38ClN3O6S. The van der Waals surface area contributed by atoms with Gasteiger partial charge in [0.25, 0.3) is 10.0 Å². The van der Waals surface area contributed by atoms with Crippen molar-refractivity contribution in [1.29, 1.82) is 0 Å². The number of nitrogens with zero attached hydrogens (tertiary/aromatic N) is 2. The van der Waals surface area contributed by atoms with E-state index in [1.807, 2.05) is 20.8 Å². The molecule has 3 rings (SSSR count). The molecule has 226 valence electrons. The van der Waals surface area contributed by atoms with E-state index in [-0.39, 0.29) is 35.2 Å². The number of anilines is 1. The zero-order valence-electron chi connectivity index (χ0n) is 24.8. The van der Waals surface area contributed by atoms with Crippen molar-refractivity contribution in [3.05, 3.63) is 83.4 Å². The predicted molar refractivity (Wildman–Crippen MR) is 164 cm³/mol. The molecule has 0 fully saturated rings. The lowest BCUT2D eigenvalue weighted by Crippen LogP contribution is -2.55. The highest BCUT2D eigenvalue weighted by Crippen LogP contribution is 2.33. The molecule has 0 aliphatic carbocycles. The first-order chi connectivity index (χ1) is 19.8. The average molecular weight is 616 g/mol. The van der Waals surface area contributed by atoms with Crippen LogP contribution in [0.25, 0.3) is 0 Å². The molecule has 11 heteroatoms. The second-order valence-corrected chi connectivity index (χ2v) is 12.9.